The Morgan fingerprint density at radius 1 is 0.968 bits per heavy atom. The highest BCUT2D eigenvalue weighted by molar-refractivity contribution is 6.23. The van der Waals surface area contributed by atoms with Gasteiger partial charge in [-0.25, -0.2) is 4.79 Å². The highest BCUT2D eigenvalue weighted by atomic mass is 16.6. The van der Waals surface area contributed by atoms with Crippen LogP contribution in [0.25, 0.3) is 11.8 Å². The van der Waals surface area contributed by atoms with E-state index in [1.165, 1.54) is 29.2 Å². The van der Waals surface area contributed by atoms with Crippen molar-refractivity contribution in [1.82, 2.24) is 0 Å². The van der Waals surface area contributed by atoms with Gasteiger partial charge in [0.25, 0.3) is 11.6 Å². The molecule has 0 aromatic heterocycles. The predicted octanol–water partition coefficient (Wildman–Crippen LogP) is 4.76. The number of amides is 1. The Labute approximate surface area is 177 Å². The van der Waals surface area contributed by atoms with Gasteiger partial charge < -0.3 is 5.11 Å². The largest absolute Gasteiger partial charge is 0.478 e. The smallest absolute Gasteiger partial charge is 0.335 e. The van der Waals surface area contributed by atoms with E-state index in [0.29, 0.717) is 22.5 Å². The molecule has 0 atom stereocenters. The zero-order valence-corrected chi connectivity index (χ0v) is 16.1. The van der Waals surface area contributed by atoms with Gasteiger partial charge in [-0.05, 0) is 53.6 Å². The number of non-ortho nitro benzene ring substituents is 1. The normalized spacial score (nSPS) is 14.6. The number of carbonyl (C=O) groups is 2. The molecule has 1 heterocycles. The molecular weight excluding hydrogens is 396 g/mol. The minimum atomic E-state index is -1.08. The van der Waals surface area contributed by atoms with Gasteiger partial charge in [0.05, 0.1) is 21.9 Å². The molecule has 0 spiro atoms. The quantitative estimate of drug-likeness (QED) is 0.370. The molecular formula is C24H16N2O5. The maximum atomic E-state index is 13.3. The van der Waals surface area contributed by atoms with Crippen molar-refractivity contribution in [2.45, 2.75) is 0 Å². The van der Waals surface area contributed by atoms with Gasteiger partial charge in [0.1, 0.15) is 0 Å². The van der Waals surface area contributed by atoms with Gasteiger partial charge in [0.15, 0.2) is 0 Å². The van der Waals surface area contributed by atoms with Crippen molar-refractivity contribution in [3.05, 3.63) is 117 Å². The number of hydrogen-bond acceptors (Lipinski definition) is 4. The van der Waals surface area contributed by atoms with Crippen molar-refractivity contribution < 1.29 is 19.6 Å². The van der Waals surface area contributed by atoms with Crippen LogP contribution in [-0.4, -0.2) is 21.9 Å². The third-order valence-electron chi connectivity index (χ3n) is 4.83. The number of nitro benzene ring substituents is 1. The number of nitrogens with zero attached hydrogens (tertiary/aromatic N) is 2. The minimum absolute atomic E-state index is 0.0347. The van der Waals surface area contributed by atoms with Crippen molar-refractivity contribution >= 4 is 35.0 Å². The first kappa shape index (κ1) is 19.8. The molecule has 0 unspecified atom stereocenters. The van der Waals surface area contributed by atoms with Crippen LogP contribution in [0.3, 0.4) is 0 Å². The second-order valence-corrected chi connectivity index (χ2v) is 6.84. The van der Waals surface area contributed by atoms with Gasteiger partial charge >= 0.3 is 5.97 Å². The van der Waals surface area contributed by atoms with E-state index in [1.807, 2.05) is 30.3 Å². The van der Waals surface area contributed by atoms with Gasteiger partial charge in [-0.3, -0.25) is 19.8 Å². The molecule has 0 bridgehead atoms. The first-order valence-electron chi connectivity index (χ1n) is 9.35. The molecule has 0 fully saturated rings. The Balaban J connectivity index is 1.79. The lowest BCUT2D eigenvalue weighted by Gasteiger charge is -2.21. The summed E-state index contributed by atoms with van der Waals surface area (Å²) in [5.74, 6) is -1.40. The summed E-state index contributed by atoms with van der Waals surface area (Å²) in [5, 5.41) is 20.2. The van der Waals surface area contributed by atoms with Gasteiger partial charge in [-0.1, -0.05) is 36.4 Å². The minimum Gasteiger partial charge on any atom is -0.478 e. The number of anilines is 1. The van der Waals surface area contributed by atoms with Crippen molar-refractivity contribution in [3.63, 3.8) is 0 Å². The Bertz CT molecular complexity index is 1240. The van der Waals surface area contributed by atoms with Crippen molar-refractivity contribution in [2.75, 3.05) is 4.90 Å². The molecule has 1 amide bonds. The van der Waals surface area contributed by atoms with E-state index in [4.69, 9.17) is 0 Å². The molecule has 0 saturated heterocycles. The van der Waals surface area contributed by atoms with Crippen LogP contribution in [0.15, 0.2) is 90.5 Å². The fourth-order valence-corrected chi connectivity index (χ4v) is 3.34. The van der Waals surface area contributed by atoms with Crippen LogP contribution in [0, 0.1) is 10.1 Å². The summed E-state index contributed by atoms with van der Waals surface area (Å²) in [6.07, 6.45) is 3.38. The van der Waals surface area contributed by atoms with Crippen molar-refractivity contribution in [2.24, 2.45) is 0 Å². The molecule has 4 rings (SSSR count). The fourth-order valence-electron chi connectivity index (χ4n) is 3.34. The molecule has 152 valence electrons. The van der Waals surface area contributed by atoms with Crippen LogP contribution in [0.5, 0.6) is 0 Å². The molecule has 1 N–H and O–H groups in total. The highest BCUT2D eigenvalue weighted by Crippen LogP contribution is 2.35. The Hall–Kier alpha value is -4.52. The number of benzene rings is 3. The maximum absolute atomic E-state index is 13.3. The zero-order valence-electron chi connectivity index (χ0n) is 16.1. The second-order valence-electron chi connectivity index (χ2n) is 6.84. The number of carboxylic acids is 1. The topological polar surface area (TPSA) is 101 Å². The highest BCUT2D eigenvalue weighted by Gasteiger charge is 2.30. The van der Waals surface area contributed by atoms with Crippen LogP contribution in [0.1, 0.15) is 21.5 Å². The van der Waals surface area contributed by atoms with E-state index in [1.54, 1.807) is 36.4 Å². The first-order chi connectivity index (χ1) is 14.9. The number of rotatable bonds is 5. The number of aromatic carboxylic acids is 1. The van der Waals surface area contributed by atoms with E-state index in [0.717, 1.165) is 5.56 Å². The molecule has 3 aromatic carbocycles. The Kier molecular flexibility index (Phi) is 5.15. The van der Waals surface area contributed by atoms with Gasteiger partial charge in [0, 0.05) is 17.7 Å². The van der Waals surface area contributed by atoms with Gasteiger partial charge in [0.2, 0.25) is 0 Å². The summed E-state index contributed by atoms with van der Waals surface area (Å²) in [6, 6.07) is 21.4. The van der Waals surface area contributed by atoms with E-state index in [-0.39, 0.29) is 17.2 Å². The molecule has 1 aliphatic heterocycles. The Morgan fingerprint density at radius 2 is 1.68 bits per heavy atom. The molecule has 0 radical (unpaired) electrons. The predicted molar refractivity (Wildman–Crippen MR) is 116 cm³/mol. The maximum Gasteiger partial charge on any atom is 0.335 e. The van der Waals surface area contributed by atoms with E-state index in [9.17, 15) is 24.8 Å². The summed E-state index contributed by atoms with van der Waals surface area (Å²) < 4.78 is 0. The third-order valence-corrected chi connectivity index (χ3v) is 4.83. The molecule has 7 heteroatoms. The molecule has 0 aliphatic carbocycles. The number of carboxylic acid groups (broad SMARTS) is 1. The third kappa shape index (κ3) is 3.97. The van der Waals surface area contributed by atoms with E-state index in [2.05, 4.69) is 0 Å². The van der Waals surface area contributed by atoms with Crippen LogP contribution in [0.2, 0.25) is 0 Å². The Morgan fingerprint density at radius 3 is 2.32 bits per heavy atom. The summed E-state index contributed by atoms with van der Waals surface area (Å²) in [7, 11) is 0. The van der Waals surface area contributed by atoms with Crippen molar-refractivity contribution in [1.29, 1.82) is 0 Å². The summed E-state index contributed by atoms with van der Waals surface area (Å²) in [5.41, 5.74) is 2.90. The van der Waals surface area contributed by atoms with Gasteiger partial charge in [-0.15, -0.1) is 0 Å². The lowest BCUT2D eigenvalue weighted by Crippen LogP contribution is -2.25. The number of hydrogen-bond donors (Lipinski definition) is 1. The average Bonchev–Trinajstić information content (AvgIpc) is 3.10. The van der Waals surface area contributed by atoms with E-state index < -0.39 is 10.9 Å². The number of carbonyl (C=O) groups excluding carboxylic acids is 1. The van der Waals surface area contributed by atoms with E-state index >= 15 is 0 Å². The summed E-state index contributed by atoms with van der Waals surface area (Å²) >= 11 is 0. The van der Waals surface area contributed by atoms with Crippen molar-refractivity contribution in [3.8, 4) is 0 Å². The van der Waals surface area contributed by atoms with Crippen LogP contribution in [0.4, 0.5) is 11.4 Å². The lowest BCUT2D eigenvalue weighted by atomic mass is 10.1. The average molecular weight is 412 g/mol. The molecule has 7 nitrogen and oxygen atoms in total. The zero-order chi connectivity index (χ0) is 22.0. The molecule has 3 aromatic rings. The summed E-state index contributed by atoms with van der Waals surface area (Å²) in [4.78, 5) is 36.6. The SMILES string of the molecule is O=C(O)c1cccc(N2C(=O)/C(=C/c3ccc([N+](=O)[O-])cc3)C=C2c2ccccc2)c1. The van der Waals surface area contributed by atoms with Crippen LogP contribution >= 0.6 is 0 Å². The molecule has 31 heavy (non-hydrogen) atoms. The number of nitro groups is 1. The van der Waals surface area contributed by atoms with Gasteiger partial charge in [-0.2, -0.15) is 0 Å². The molecule has 1 aliphatic rings. The fraction of sp³-hybridized carbons (Fsp3) is 0. The second kappa shape index (κ2) is 8.08. The summed E-state index contributed by atoms with van der Waals surface area (Å²) in [6.45, 7) is 0. The monoisotopic (exact) mass is 412 g/mol. The van der Waals surface area contributed by atoms with Crippen LogP contribution < -0.4 is 4.90 Å². The first-order valence-corrected chi connectivity index (χ1v) is 9.35. The standard InChI is InChI=1S/C24H16N2O5/c27-23-19(13-16-9-11-20(12-10-16)26(30)31)15-22(17-5-2-1-3-6-17)25(23)21-8-4-7-18(14-21)24(28)29/h1-15H,(H,28,29)/b19-13+. The molecule has 0 saturated carbocycles. The van der Waals surface area contributed by atoms with Crippen LogP contribution in [-0.2, 0) is 4.79 Å². The lowest BCUT2D eigenvalue weighted by molar-refractivity contribution is -0.384.